The summed E-state index contributed by atoms with van der Waals surface area (Å²) < 4.78 is 0. The summed E-state index contributed by atoms with van der Waals surface area (Å²) in [5.74, 6) is 0. The monoisotopic (exact) mass is 426 g/mol. The molecule has 3 aromatic carbocycles. The minimum absolute atomic E-state index is 0.287. The van der Waals surface area contributed by atoms with Crippen LogP contribution in [0.25, 0.3) is 0 Å². The van der Waals surface area contributed by atoms with E-state index in [1.165, 1.54) is 33.6 Å². The Bertz CT molecular complexity index is 1280. The van der Waals surface area contributed by atoms with Gasteiger partial charge in [-0.25, -0.2) is 0 Å². The Labute approximate surface area is 197 Å². The second-order valence-corrected chi connectivity index (χ2v) is 8.27. The Morgan fingerprint density at radius 3 is 2.30 bits per heavy atom. The van der Waals surface area contributed by atoms with Gasteiger partial charge in [-0.3, -0.25) is 0 Å². The van der Waals surface area contributed by atoms with E-state index >= 15 is 0 Å². The Balaban J connectivity index is 1.78. The Morgan fingerprint density at radius 2 is 1.58 bits per heavy atom. The highest BCUT2D eigenvalue weighted by Crippen LogP contribution is 2.45. The third-order valence-electron chi connectivity index (χ3n) is 6.26. The molecule has 1 N–H and O–H groups in total. The van der Waals surface area contributed by atoms with Crippen molar-refractivity contribution in [3.05, 3.63) is 144 Å². The highest BCUT2D eigenvalue weighted by Gasteiger charge is 2.42. The van der Waals surface area contributed by atoms with Crippen LogP contribution in [-0.2, 0) is 0 Å². The highest BCUT2D eigenvalue weighted by molar-refractivity contribution is 6.84. The summed E-state index contributed by atoms with van der Waals surface area (Å²) >= 11 is 0. The third-order valence-corrected chi connectivity index (χ3v) is 6.26. The summed E-state index contributed by atoms with van der Waals surface area (Å²) in [6.45, 7) is 6.41. The zero-order valence-electron chi connectivity index (χ0n) is 18.9. The highest BCUT2D eigenvalue weighted by atomic mass is 15.2. The van der Waals surface area contributed by atoms with Crippen LogP contribution in [0.5, 0.6) is 0 Å². The molecule has 5 rings (SSSR count). The molecular formula is C30H27BN2. The van der Waals surface area contributed by atoms with Crippen LogP contribution in [0.1, 0.15) is 6.92 Å². The van der Waals surface area contributed by atoms with Crippen molar-refractivity contribution in [1.29, 1.82) is 0 Å². The molecule has 2 aliphatic rings. The van der Waals surface area contributed by atoms with E-state index in [2.05, 4.69) is 127 Å². The van der Waals surface area contributed by atoms with Gasteiger partial charge in [-0.05, 0) is 60.7 Å². The first-order chi connectivity index (χ1) is 16.3. The lowest BCUT2D eigenvalue weighted by Crippen LogP contribution is -2.43. The van der Waals surface area contributed by atoms with Crippen LogP contribution in [0, 0.1) is 0 Å². The van der Waals surface area contributed by atoms with Crippen molar-refractivity contribution in [2.75, 3.05) is 10.2 Å². The van der Waals surface area contributed by atoms with Crippen molar-refractivity contribution in [3.63, 3.8) is 0 Å². The van der Waals surface area contributed by atoms with Crippen molar-refractivity contribution in [2.45, 2.75) is 13.2 Å². The minimum Gasteiger partial charge on any atom is -0.356 e. The molecule has 160 valence electrons. The number of nitrogens with zero attached hydrogens (tertiary/aromatic N) is 1. The summed E-state index contributed by atoms with van der Waals surface area (Å²) in [5.41, 5.74) is 9.82. The van der Waals surface area contributed by atoms with Crippen molar-refractivity contribution >= 4 is 29.2 Å². The Hall–Kier alpha value is -3.98. The van der Waals surface area contributed by atoms with Crippen molar-refractivity contribution in [1.82, 2.24) is 0 Å². The molecule has 3 heteroatoms. The number of fused-ring (bicyclic) bond motifs is 3. The van der Waals surface area contributed by atoms with E-state index in [0.29, 0.717) is 0 Å². The maximum Gasteiger partial charge on any atom is 0.221 e. The van der Waals surface area contributed by atoms with Gasteiger partial charge in [0.05, 0.1) is 0 Å². The van der Waals surface area contributed by atoms with E-state index in [4.69, 9.17) is 0 Å². The van der Waals surface area contributed by atoms with Crippen molar-refractivity contribution in [3.8, 4) is 0 Å². The van der Waals surface area contributed by atoms with Gasteiger partial charge in [-0.1, -0.05) is 90.9 Å². The number of para-hydroxylation sites is 3. The average molecular weight is 426 g/mol. The minimum atomic E-state index is 0.287. The lowest BCUT2D eigenvalue weighted by atomic mass is 9.38. The van der Waals surface area contributed by atoms with Gasteiger partial charge in [-0.15, -0.1) is 0 Å². The largest absolute Gasteiger partial charge is 0.356 e. The maximum absolute atomic E-state index is 4.06. The van der Waals surface area contributed by atoms with E-state index in [1.807, 2.05) is 12.1 Å². The van der Waals surface area contributed by atoms with Gasteiger partial charge < -0.3 is 10.2 Å². The molecule has 0 bridgehead atoms. The molecule has 2 nitrogen and oxygen atoms in total. The Kier molecular flexibility index (Phi) is 5.86. The fraction of sp³-hybridized carbons (Fsp3) is 0.0667. The first kappa shape index (κ1) is 20.9. The normalized spacial score (nSPS) is 17.6. The van der Waals surface area contributed by atoms with E-state index < -0.39 is 0 Å². The summed E-state index contributed by atoms with van der Waals surface area (Å²) in [4.78, 5) is 2.37. The molecule has 0 aliphatic carbocycles. The van der Waals surface area contributed by atoms with Crippen LogP contribution in [0.4, 0.5) is 17.1 Å². The lowest BCUT2D eigenvalue weighted by molar-refractivity contribution is 1.18. The van der Waals surface area contributed by atoms with Crippen LogP contribution in [0.2, 0.25) is 6.32 Å². The molecule has 2 aliphatic heterocycles. The SMILES string of the molecule is C=C/C=C1C2=C(Nc3ccccc3)/C(=C/C=C\C)CB2c2ccccc2N\1c1ccccc1. The summed E-state index contributed by atoms with van der Waals surface area (Å²) in [5, 5.41) is 3.77. The first-order valence-corrected chi connectivity index (χ1v) is 11.5. The fourth-order valence-corrected chi connectivity index (χ4v) is 4.89. The molecule has 0 amide bonds. The molecular weight excluding hydrogens is 399 g/mol. The predicted molar refractivity (Wildman–Crippen MR) is 143 cm³/mol. The maximum atomic E-state index is 4.06. The zero-order chi connectivity index (χ0) is 22.6. The molecule has 0 spiro atoms. The van der Waals surface area contributed by atoms with Crippen LogP contribution in [0.3, 0.4) is 0 Å². The topological polar surface area (TPSA) is 15.3 Å². The molecule has 2 heterocycles. The van der Waals surface area contributed by atoms with Gasteiger partial charge in [-0.2, -0.15) is 0 Å². The lowest BCUT2D eigenvalue weighted by Gasteiger charge is -2.37. The summed E-state index contributed by atoms with van der Waals surface area (Å²) in [7, 11) is 0. The van der Waals surface area contributed by atoms with Gasteiger partial charge in [0.25, 0.3) is 0 Å². The van der Waals surface area contributed by atoms with E-state index in [1.54, 1.807) is 0 Å². The van der Waals surface area contributed by atoms with E-state index in [0.717, 1.165) is 17.7 Å². The van der Waals surface area contributed by atoms with Crippen LogP contribution >= 0.6 is 0 Å². The smallest absolute Gasteiger partial charge is 0.221 e. The number of nitrogens with one attached hydrogen (secondary N) is 1. The van der Waals surface area contributed by atoms with Crippen molar-refractivity contribution in [2.24, 2.45) is 0 Å². The molecule has 0 saturated heterocycles. The zero-order valence-corrected chi connectivity index (χ0v) is 18.9. The average Bonchev–Trinajstić information content (AvgIpc) is 3.22. The predicted octanol–water partition coefficient (Wildman–Crippen LogP) is 7.03. The number of benzene rings is 3. The quantitative estimate of drug-likeness (QED) is 0.441. The fourth-order valence-electron chi connectivity index (χ4n) is 4.89. The molecule has 0 fully saturated rings. The summed E-state index contributed by atoms with van der Waals surface area (Å²) in [6, 6.07) is 29.8. The van der Waals surface area contributed by atoms with Crippen LogP contribution in [-0.4, -0.2) is 6.71 Å². The van der Waals surface area contributed by atoms with Gasteiger partial charge >= 0.3 is 0 Å². The third kappa shape index (κ3) is 3.87. The molecule has 0 unspecified atom stereocenters. The molecule has 0 aromatic heterocycles. The van der Waals surface area contributed by atoms with Crippen LogP contribution < -0.4 is 15.7 Å². The standard InChI is InChI=1S/C30H27BN2/c1-3-5-15-23-22-31-26-20-12-13-21-27(26)33(25-18-10-7-11-19-25)28(14-4-2)29(31)30(23)32-24-16-8-6-9-17-24/h3-21,32H,2,22H2,1H3/b5-3-,23-15+,28-14+. The molecule has 3 aromatic rings. The number of hydrogen-bond acceptors (Lipinski definition) is 2. The number of rotatable bonds is 5. The summed E-state index contributed by atoms with van der Waals surface area (Å²) in [6.07, 6.45) is 11.5. The number of hydrogen-bond donors (Lipinski definition) is 1. The number of anilines is 3. The Morgan fingerprint density at radius 1 is 0.879 bits per heavy atom. The molecule has 0 saturated carbocycles. The first-order valence-electron chi connectivity index (χ1n) is 11.5. The number of allylic oxidation sites excluding steroid dienone is 7. The van der Waals surface area contributed by atoms with Gasteiger partial charge in [0, 0.05) is 28.5 Å². The van der Waals surface area contributed by atoms with Gasteiger partial charge in [0.1, 0.15) is 0 Å². The van der Waals surface area contributed by atoms with Crippen LogP contribution in [0.15, 0.2) is 144 Å². The van der Waals surface area contributed by atoms with E-state index in [9.17, 15) is 0 Å². The second-order valence-electron chi connectivity index (χ2n) is 8.27. The van der Waals surface area contributed by atoms with Crippen molar-refractivity contribution < 1.29 is 0 Å². The molecule has 0 atom stereocenters. The molecule has 33 heavy (non-hydrogen) atoms. The second kappa shape index (κ2) is 9.26. The molecule has 0 radical (unpaired) electrons. The van der Waals surface area contributed by atoms with Gasteiger partial charge in [0.2, 0.25) is 6.71 Å². The van der Waals surface area contributed by atoms with Gasteiger partial charge in [0.15, 0.2) is 0 Å². The van der Waals surface area contributed by atoms with E-state index in [-0.39, 0.29) is 6.71 Å².